The molecule has 0 aliphatic carbocycles. The van der Waals surface area contributed by atoms with Crippen LogP contribution in [0.2, 0.25) is 0 Å². The Bertz CT molecular complexity index is 449. The van der Waals surface area contributed by atoms with Crippen molar-refractivity contribution in [2.45, 2.75) is 13.3 Å². The molecule has 7 heteroatoms. The molecule has 0 radical (unpaired) electrons. The monoisotopic (exact) mass is 329 g/mol. The van der Waals surface area contributed by atoms with Crippen molar-refractivity contribution in [3.05, 3.63) is 22.4 Å². The van der Waals surface area contributed by atoms with E-state index < -0.39 is 5.92 Å². The predicted octanol–water partition coefficient (Wildman–Crippen LogP) is 0.937. The summed E-state index contributed by atoms with van der Waals surface area (Å²) < 4.78 is 9.91. The molecular weight excluding hydrogens is 306 g/mol. The first-order chi connectivity index (χ1) is 10.6. The molecule has 1 heterocycles. The van der Waals surface area contributed by atoms with E-state index in [2.05, 4.69) is 0 Å². The number of carbonyl (C=O) groups is 2. The second-order valence-corrected chi connectivity index (χ2v) is 5.89. The molecule has 1 rings (SSSR count). The molecule has 1 atom stereocenters. The second kappa shape index (κ2) is 10.3. The maximum Gasteiger partial charge on any atom is 0.310 e. The average Bonchev–Trinajstić information content (AvgIpc) is 3.02. The van der Waals surface area contributed by atoms with Crippen molar-refractivity contribution in [1.82, 2.24) is 4.90 Å². The standard InChI is InChI=1S/C15H23NO5S/c1-12(15(19)20-2)11-16(5-7-21-8-6-17)14(18)10-13-4-3-9-22-13/h3-4,9,12,17H,5-8,10-11H2,1-2H3. The van der Waals surface area contributed by atoms with Crippen molar-refractivity contribution < 1.29 is 24.2 Å². The number of hydrogen-bond acceptors (Lipinski definition) is 6. The predicted molar refractivity (Wildman–Crippen MR) is 83.7 cm³/mol. The van der Waals surface area contributed by atoms with Gasteiger partial charge in [0.25, 0.3) is 0 Å². The molecule has 1 aromatic rings. The first-order valence-electron chi connectivity index (χ1n) is 7.15. The summed E-state index contributed by atoms with van der Waals surface area (Å²) >= 11 is 1.53. The molecule has 124 valence electrons. The zero-order chi connectivity index (χ0) is 16.4. The number of amides is 1. The number of methoxy groups -OCH3 is 1. The molecule has 0 saturated carbocycles. The molecule has 0 fully saturated rings. The fraction of sp³-hybridized carbons (Fsp3) is 0.600. The van der Waals surface area contributed by atoms with E-state index in [0.29, 0.717) is 26.1 Å². The highest BCUT2D eigenvalue weighted by Gasteiger charge is 2.21. The van der Waals surface area contributed by atoms with Crippen molar-refractivity contribution in [3.8, 4) is 0 Å². The smallest absolute Gasteiger partial charge is 0.310 e. The van der Waals surface area contributed by atoms with E-state index in [1.807, 2.05) is 17.5 Å². The molecule has 0 saturated heterocycles. The van der Waals surface area contributed by atoms with E-state index in [1.54, 1.807) is 11.8 Å². The summed E-state index contributed by atoms with van der Waals surface area (Å²) in [6.07, 6.45) is 0.311. The number of carbonyl (C=O) groups excluding carboxylic acids is 2. The van der Waals surface area contributed by atoms with Crippen LogP contribution in [0.15, 0.2) is 17.5 Å². The third-order valence-electron chi connectivity index (χ3n) is 3.10. The Morgan fingerprint density at radius 2 is 2.18 bits per heavy atom. The van der Waals surface area contributed by atoms with Crippen LogP contribution in [-0.4, -0.2) is 61.9 Å². The number of hydrogen-bond donors (Lipinski definition) is 1. The lowest BCUT2D eigenvalue weighted by atomic mass is 10.1. The molecule has 0 bridgehead atoms. The maximum absolute atomic E-state index is 12.4. The van der Waals surface area contributed by atoms with Crippen LogP contribution >= 0.6 is 11.3 Å². The van der Waals surface area contributed by atoms with Gasteiger partial charge in [-0.15, -0.1) is 11.3 Å². The summed E-state index contributed by atoms with van der Waals surface area (Å²) in [5.74, 6) is -0.786. The third kappa shape index (κ3) is 6.55. The average molecular weight is 329 g/mol. The Kier molecular flexibility index (Phi) is 8.72. The lowest BCUT2D eigenvalue weighted by Gasteiger charge is -2.25. The van der Waals surface area contributed by atoms with E-state index in [-0.39, 0.29) is 25.1 Å². The van der Waals surface area contributed by atoms with Gasteiger partial charge in [0.1, 0.15) is 0 Å². The fourth-order valence-corrected chi connectivity index (χ4v) is 2.64. The van der Waals surface area contributed by atoms with Crippen molar-refractivity contribution in [3.63, 3.8) is 0 Å². The van der Waals surface area contributed by atoms with E-state index in [9.17, 15) is 9.59 Å². The van der Waals surface area contributed by atoms with Crippen LogP contribution in [0, 0.1) is 5.92 Å². The van der Waals surface area contributed by atoms with E-state index in [1.165, 1.54) is 18.4 Å². The quantitative estimate of drug-likeness (QED) is 0.511. The number of esters is 1. The first-order valence-corrected chi connectivity index (χ1v) is 8.03. The van der Waals surface area contributed by atoms with Crippen LogP contribution in [0.5, 0.6) is 0 Å². The van der Waals surface area contributed by atoms with Crippen LogP contribution in [0.1, 0.15) is 11.8 Å². The number of aliphatic hydroxyl groups is 1. The summed E-state index contributed by atoms with van der Waals surface area (Å²) in [5, 5.41) is 10.6. The van der Waals surface area contributed by atoms with E-state index in [0.717, 1.165) is 4.88 Å². The Hall–Kier alpha value is -1.44. The number of nitrogens with zero attached hydrogens (tertiary/aromatic N) is 1. The van der Waals surface area contributed by atoms with Gasteiger partial charge >= 0.3 is 5.97 Å². The van der Waals surface area contributed by atoms with Gasteiger partial charge in [0.2, 0.25) is 5.91 Å². The van der Waals surface area contributed by atoms with Gasteiger partial charge in [-0.05, 0) is 11.4 Å². The summed E-state index contributed by atoms with van der Waals surface area (Å²) in [6, 6.07) is 3.81. The zero-order valence-corrected chi connectivity index (χ0v) is 13.8. The van der Waals surface area contributed by atoms with Gasteiger partial charge in [-0.25, -0.2) is 0 Å². The minimum Gasteiger partial charge on any atom is -0.469 e. The minimum absolute atomic E-state index is 0.0502. The summed E-state index contributed by atoms with van der Waals surface area (Å²) in [6.45, 7) is 2.91. The number of ether oxygens (including phenoxy) is 2. The highest BCUT2D eigenvalue weighted by Crippen LogP contribution is 2.12. The lowest BCUT2D eigenvalue weighted by molar-refractivity contribution is -0.146. The largest absolute Gasteiger partial charge is 0.469 e. The highest BCUT2D eigenvalue weighted by molar-refractivity contribution is 7.10. The Morgan fingerprint density at radius 3 is 2.77 bits per heavy atom. The molecule has 6 nitrogen and oxygen atoms in total. The second-order valence-electron chi connectivity index (χ2n) is 4.86. The summed E-state index contributed by atoms with van der Waals surface area (Å²) in [4.78, 5) is 26.5. The third-order valence-corrected chi connectivity index (χ3v) is 3.97. The minimum atomic E-state index is -0.393. The van der Waals surface area contributed by atoms with Crippen LogP contribution in [0.25, 0.3) is 0 Å². The van der Waals surface area contributed by atoms with Crippen molar-refractivity contribution in [1.29, 1.82) is 0 Å². The first kappa shape index (κ1) is 18.6. The van der Waals surface area contributed by atoms with Gasteiger partial charge in [0.15, 0.2) is 0 Å². The molecular formula is C15H23NO5S. The topological polar surface area (TPSA) is 76.1 Å². The number of aliphatic hydroxyl groups excluding tert-OH is 1. The Morgan fingerprint density at radius 1 is 1.41 bits per heavy atom. The van der Waals surface area contributed by atoms with E-state index >= 15 is 0 Å². The molecule has 0 spiro atoms. The van der Waals surface area contributed by atoms with Crippen LogP contribution in [0.4, 0.5) is 0 Å². The molecule has 22 heavy (non-hydrogen) atoms. The van der Waals surface area contributed by atoms with Crippen LogP contribution < -0.4 is 0 Å². The van der Waals surface area contributed by atoms with Crippen LogP contribution in [0.3, 0.4) is 0 Å². The van der Waals surface area contributed by atoms with Gasteiger partial charge in [-0.2, -0.15) is 0 Å². The van der Waals surface area contributed by atoms with Gasteiger partial charge in [-0.1, -0.05) is 13.0 Å². The summed E-state index contributed by atoms with van der Waals surface area (Å²) in [7, 11) is 1.33. The van der Waals surface area contributed by atoms with Crippen LogP contribution in [-0.2, 0) is 25.5 Å². The molecule has 0 aliphatic heterocycles. The van der Waals surface area contributed by atoms with Crippen molar-refractivity contribution in [2.75, 3.05) is 40.0 Å². The van der Waals surface area contributed by atoms with Gasteiger partial charge in [-0.3, -0.25) is 9.59 Å². The summed E-state index contributed by atoms with van der Waals surface area (Å²) in [5.41, 5.74) is 0. The fourth-order valence-electron chi connectivity index (χ4n) is 1.94. The number of rotatable bonds is 10. The molecule has 1 unspecified atom stereocenters. The lowest BCUT2D eigenvalue weighted by Crippen LogP contribution is -2.40. The van der Waals surface area contributed by atoms with Gasteiger partial charge in [0, 0.05) is 18.0 Å². The molecule has 1 N–H and O–H groups in total. The Labute approximate surface area is 134 Å². The highest BCUT2D eigenvalue weighted by atomic mass is 32.1. The molecule has 1 amide bonds. The molecule has 0 aliphatic rings. The Balaban J connectivity index is 2.59. The number of thiophene rings is 1. The normalized spacial score (nSPS) is 12.0. The molecule has 1 aromatic heterocycles. The zero-order valence-electron chi connectivity index (χ0n) is 13.0. The van der Waals surface area contributed by atoms with Gasteiger partial charge < -0.3 is 19.5 Å². The molecule has 0 aromatic carbocycles. The van der Waals surface area contributed by atoms with Gasteiger partial charge in [0.05, 0.1) is 39.3 Å². The van der Waals surface area contributed by atoms with Crippen molar-refractivity contribution >= 4 is 23.2 Å². The van der Waals surface area contributed by atoms with E-state index in [4.69, 9.17) is 14.6 Å². The maximum atomic E-state index is 12.4. The van der Waals surface area contributed by atoms with Crippen molar-refractivity contribution in [2.24, 2.45) is 5.92 Å². The SMILES string of the molecule is COC(=O)C(C)CN(CCOCCO)C(=O)Cc1cccs1.